The van der Waals surface area contributed by atoms with Crippen LogP contribution in [0.25, 0.3) is 0 Å². The summed E-state index contributed by atoms with van der Waals surface area (Å²) in [6.45, 7) is 9.48. The molecule has 0 saturated carbocycles. The molecule has 2 saturated heterocycles. The molecule has 1 spiro atoms. The lowest BCUT2D eigenvalue weighted by atomic mass is 9.72. The summed E-state index contributed by atoms with van der Waals surface area (Å²) in [5.41, 5.74) is 0.585. The second-order valence-corrected chi connectivity index (χ2v) is 5.54. The second-order valence-electron chi connectivity index (χ2n) is 5.54. The molecule has 3 heterocycles. The SMILES string of the molecule is CC(C)N1CC2(CN(c3ccccn3)C2)C1. The van der Waals surface area contributed by atoms with Crippen LogP contribution < -0.4 is 4.90 Å². The molecule has 3 rings (SSSR count). The fourth-order valence-corrected chi connectivity index (χ4v) is 2.85. The van der Waals surface area contributed by atoms with Crippen molar-refractivity contribution in [1.82, 2.24) is 9.88 Å². The molecule has 2 aliphatic rings. The van der Waals surface area contributed by atoms with E-state index >= 15 is 0 Å². The number of pyridine rings is 1. The Labute approximate surface area is 97.1 Å². The first-order valence-corrected chi connectivity index (χ1v) is 6.09. The maximum atomic E-state index is 4.39. The molecule has 2 aliphatic heterocycles. The van der Waals surface area contributed by atoms with Gasteiger partial charge in [-0.1, -0.05) is 6.07 Å². The van der Waals surface area contributed by atoms with Gasteiger partial charge in [-0.15, -0.1) is 0 Å². The van der Waals surface area contributed by atoms with Crippen LogP contribution in [0.1, 0.15) is 13.8 Å². The third-order valence-electron chi connectivity index (χ3n) is 3.83. The van der Waals surface area contributed by atoms with Gasteiger partial charge in [0.05, 0.1) is 0 Å². The predicted octanol–water partition coefficient (Wildman–Crippen LogP) is 1.61. The minimum atomic E-state index is 0.585. The Balaban J connectivity index is 1.57. The van der Waals surface area contributed by atoms with Crippen molar-refractivity contribution in [2.45, 2.75) is 19.9 Å². The first-order valence-electron chi connectivity index (χ1n) is 6.09. The highest BCUT2D eigenvalue weighted by Gasteiger charge is 2.52. The van der Waals surface area contributed by atoms with Crippen LogP contribution in [0.4, 0.5) is 5.82 Å². The summed E-state index contributed by atoms with van der Waals surface area (Å²) in [6.07, 6.45) is 1.88. The van der Waals surface area contributed by atoms with Gasteiger partial charge in [0, 0.05) is 43.8 Å². The molecule has 3 heteroatoms. The van der Waals surface area contributed by atoms with E-state index in [-0.39, 0.29) is 0 Å². The lowest BCUT2D eigenvalue weighted by molar-refractivity contribution is -0.0414. The summed E-state index contributed by atoms with van der Waals surface area (Å²) in [7, 11) is 0. The molecule has 16 heavy (non-hydrogen) atoms. The highest BCUT2D eigenvalue weighted by atomic mass is 15.3. The van der Waals surface area contributed by atoms with Crippen LogP contribution in [-0.4, -0.2) is 42.1 Å². The lowest BCUT2D eigenvalue weighted by Crippen LogP contribution is -2.73. The summed E-state index contributed by atoms with van der Waals surface area (Å²) >= 11 is 0. The molecule has 0 aromatic carbocycles. The van der Waals surface area contributed by atoms with E-state index in [1.807, 2.05) is 12.3 Å². The lowest BCUT2D eigenvalue weighted by Gasteiger charge is -2.61. The van der Waals surface area contributed by atoms with Crippen molar-refractivity contribution in [3.8, 4) is 0 Å². The maximum Gasteiger partial charge on any atom is 0.128 e. The van der Waals surface area contributed by atoms with Crippen molar-refractivity contribution in [2.24, 2.45) is 5.41 Å². The molecule has 0 radical (unpaired) electrons. The van der Waals surface area contributed by atoms with E-state index in [0.717, 1.165) is 5.82 Å². The number of hydrogen-bond donors (Lipinski definition) is 0. The van der Waals surface area contributed by atoms with Gasteiger partial charge >= 0.3 is 0 Å². The molecule has 0 aliphatic carbocycles. The molecule has 0 unspecified atom stereocenters. The smallest absolute Gasteiger partial charge is 0.128 e. The minimum Gasteiger partial charge on any atom is -0.355 e. The van der Waals surface area contributed by atoms with Gasteiger partial charge in [-0.3, -0.25) is 4.90 Å². The summed E-state index contributed by atoms with van der Waals surface area (Å²) in [4.78, 5) is 9.33. The quantitative estimate of drug-likeness (QED) is 0.750. The van der Waals surface area contributed by atoms with Crippen LogP contribution in [0.15, 0.2) is 24.4 Å². The summed E-state index contributed by atoms with van der Waals surface area (Å²) in [5.74, 6) is 1.14. The molecule has 86 valence electrons. The van der Waals surface area contributed by atoms with Crippen LogP contribution in [0, 0.1) is 5.41 Å². The van der Waals surface area contributed by atoms with Gasteiger partial charge in [0.1, 0.15) is 5.82 Å². The molecule has 0 amide bonds. The monoisotopic (exact) mass is 217 g/mol. The molecule has 3 nitrogen and oxygen atoms in total. The first kappa shape index (κ1) is 10.1. The zero-order chi connectivity index (χ0) is 11.2. The minimum absolute atomic E-state index is 0.585. The van der Waals surface area contributed by atoms with Crippen molar-refractivity contribution >= 4 is 5.82 Å². The van der Waals surface area contributed by atoms with Gasteiger partial charge in [0.15, 0.2) is 0 Å². The van der Waals surface area contributed by atoms with Crippen LogP contribution in [0.3, 0.4) is 0 Å². The summed E-state index contributed by atoms with van der Waals surface area (Å²) in [5, 5.41) is 0. The predicted molar refractivity (Wildman–Crippen MR) is 65.6 cm³/mol. The Morgan fingerprint density at radius 1 is 1.19 bits per heavy atom. The molecule has 1 aromatic heterocycles. The van der Waals surface area contributed by atoms with Crippen LogP contribution in [0.2, 0.25) is 0 Å². The van der Waals surface area contributed by atoms with E-state index in [1.54, 1.807) is 0 Å². The third-order valence-corrected chi connectivity index (χ3v) is 3.83. The van der Waals surface area contributed by atoms with Gasteiger partial charge < -0.3 is 4.90 Å². The highest BCUT2D eigenvalue weighted by molar-refractivity contribution is 5.43. The van der Waals surface area contributed by atoms with Gasteiger partial charge in [0.25, 0.3) is 0 Å². The molecular weight excluding hydrogens is 198 g/mol. The number of nitrogens with zero attached hydrogens (tertiary/aromatic N) is 3. The van der Waals surface area contributed by atoms with Crippen molar-refractivity contribution in [1.29, 1.82) is 0 Å². The zero-order valence-corrected chi connectivity index (χ0v) is 10.1. The number of anilines is 1. The van der Waals surface area contributed by atoms with Crippen molar-refractivity contribution < 1.29 is 0 Å². The van der Waals surface area contributed by atoms with Crippen LogP contribution in [-0.2, 0) is 0 Å². The molecular formula is C13H19N3. The summed E-state index contributed by atoms with van der Waals surface area (Å²) in [6, 6.07) is 6.85. The zero-order valence-electron chi connectivity index (χ0n) is 10.1. The van der Waals surface area contributed by atoms with Gasteiger partial charge in [-0.25, -0.2) is 4.98 Å². The topological polar surface area (TPSA) is 19.4 Å². The van der Waals surface area contributed by atoms with Crippen LogP contribution in [0.5, 0.6) is 0 Å². The molecule has 0 bridgehead atoms. The fraction of sp³-hybridized carbons (Fsp3) is 0.615. The maximum absolute atomic E-state index is 4.39. The molecule has 2 fully saturated rings. The normalized spacial score (nSPS) is 23.3. The second kappa shape index (κ2) is 3.45. The number of aromatic nitrogens is 1. The van der Waals surface area contributed by atoms with E-state index < -0.39 is 0 Å². The average Bonchev–Trinajstić information content (AvgIpc) is 2.14. The van der Waals surface area contributed by atoms with Gasteiger partial charge in [0.2, 0.25) is 0 Å². The van der Waals surface area contributed by atoms with Gasteiger partial charge in [-0.05, 0) is 26.0 Å². The van der Waals surface area contributed by atoms with Gasteiger partial charge in [-0.2, -0.15) is 0 Å². The summed E-state index contributed by atoms with van der Waals surface area (Å²) < 4.78 is 0. The Morgan fingerprint density at radius 2 is 1.94 bits per heavy atom. The Kier molecular flexibility index (Phi) is 2.18. The molecule has 1 aromatic rings. The van der Waals surface area contributed by atoms with E-state index in [4.69, 9.17) is 0 Å². The fourth-order valence-electron chi connectivity index (χ4n) is 2.85. The van der Waals surface area contributed by atoms with E-state index in [1.165, 1.54) is 26.2 Å². The Hall–Kier alpha value is -1.09. The van der Waals surface area contributed by atoms with E-state index in [0.29, 0.717) is 11.5 Å². The van der Waals surface area contributed by atoms with Crippen molar-refractivity contribution in [2.75, 3.05) is 31.1 Å². The van der Waals surface area contributed by atoms with E-state index in [2.05, 4.69) is 40.8 Å². The Bertz CT molecular complexity index is 360. The standard InChI is InChI=1S/C13H19N3/c1-11(2)15-7-13(8-15)9-16(10-13)12-5-3-4-6-14-12/h3-6,11H,7-10H2,1-2H3. The van der Waals surface area contributed by atoms with Crippen molar-refractivity contribution in [3.05, 3.63) is 24.4 Å². The van der Waals surface area contributed by atoms with Crippen LogP contribution >= 0.6 is 0 Å². The number of hydrogen-bond acceptors (Lipinski definition) is 3. The Morgan fingerprint density at radius 3 is 2.50 bits per heavy atom. The number of likely N-dealkylation sites (tertiary alicyclic amines) is 1. The number of rotatable bonds is 2. The average molecular weight is 217 g/mol. The molecule has 0 atom stereocenters. The molecule has 0 N–H and O–H groups in total. The highest BCUT2D eigenvalue weighted by Crippen LogP contribution is 2.41. The van der Waals surface area contributed by atoms with E-state index in [9.17, 15) is 0 Å². The largest absolute Gasteiger partial charge is 0.355 e. The first-order chi connectivity index (χ1) is 7.69. The van der Waals surface area contributed by atoms with Crippen molar-refractivity contribution in [3.63, 3.8) is 0 Å². The third kappa shape index (κ3) is 1.50.